The van der Waals surface area contributed by atoms with Crippen LogP contribution < -0.4 is 4.90 Å². The third-order valence-corrected chi connectivity index (χ3v) is 4.36. The van der Waals surface area contributed by atoms with E-state index in [-0.39, 0.29) is 0 Å². The number of halogens is 2. The highest BCUT2D eigenvalue weighted by atomic mass is 35.5. The van der Waals surface area contributed by atoms with Gasteiger partial charge < -0.3 is 4.90 Å². The van der Waals surface area contributed by atoms with Gasteiger partial charge in [-0.1, -0.05) is 31.5 Å². The lowest BCUT2D eigenvalue weighted by Gasteiger charge is -2.23. The Hall–Kier alpha value is -0.400. The first-order chi connectivity index (χ1) is 8.13. The molecule has 1 aliphatic heterocycles. The molecule has 1 unspecified atom stereocenters. The molecule has 3 heteroatoms. The number of benzene rings is 1. The van der Waals surface area contributed by atoms with Crippen LogP contribution in [-0.4, -0.2) is 13.1 Å². The van der Waals surface area contributed by atoms with E-state index in [9.17, 15) is 0 Å². The lowest BCUT2D eigenvalue weighted by Crippen LogP contribution is -2.22. The summed E-state index contributed by atoms with van der Waals surface area (Å²) in [6.07, 6.45) is 1.27. The Labute approximate surface area is 114 Å². The summed E-state index contributed by atoms with van der Waals surface area (Å²) >= 11 is 12.2. The molecule has 0 bridgehead atoms. The molecule has 1 nitrogen and oxygen atoms in total. The van der Waals surface area contributed by atoms with Gasteiger partial charge in [0.05, 0.1) is 5.88 Å². The molecule has 17 heavy (non-hydrogen) atoms. The van der Waals surface area contributed by atoms with Crippen LogP contribution in [0.2, 0.25) is 5.02 Å². The molecule has 0 radical (unpaired) electrons. The van der Waals surface area contributed by atoms with Crippen LogP contribution >= 0.6 is 23.2 Å². The van der Waals surface area contributed by atoms with Crippen molar-refractivity contribution in [1.29, 1.82) is 0 Å². The molecule has 1 saturated heterocycles. The quantitative estimate of drug-likeness (QED) is 0.729. The van der Waals surface area contributed by atoms with E-state index in [0.717, 1.165) is 35.5 Å². The third kappa shape index (κ3) is 2.71. The van der Waals surface area contributed by atoms with E-state index in [1.54, 1.807) is 0 Å². The Kier molecular flexibility index (Phi) is 4.22. The van der Waals surface area contributed by atoms with Gasteiger partial charge in [-0.05, 0) is 30.4 Å². The molecule has 2 rings (SSSR count). The van der Waals surface area contributed by atoms with Gasteiger partial charge in [-0.2, -0.15) is 0 Å². The molecular formula is C14H19Cl2N. The minimum Gasteiger partial charge on any atom is -0.371 e. The Morgan fingerprint density at radius 1 is 1.41 bits per heavy atom. The highest BCUT2D eigenvalue weighted by Gasteiger charge is 2.26. The molecule has 0 amide bonds. The van der Waals surface area contributed by atoms with Crippen molar-refractivity contribution in [3.05, 3.63) is 28.8 Å². The van der Waals surface area contributed by atoms with Crippen molar-refractivity contribution in [3.63, 3.8) is 0 Å². The van der Waals surface area contributed by atoms with Crippen molar-refractivity contribution in [1.82, 2.24) is 0 Å². The molecule has 1 heterocycles. The zero-order valence-corrected chi connectivity index (χ0v) is 11.9. The van der Waals surface area contributed by atoms with Gasteiger partial charge in [0.15, 0.2) is 0 Å². The first-order valence-corrected chi connectivity index (χ1v) is 7.13. The molecule has 1 atom stereocenters. The lowest BCUT2D eigenvalue weighted by molar-refractivity contribution is 0.422. The maximum atomic E-state index is 6.20. The molecule has 0 aromatic heterocycles. The van der Waals surface area contributed by atoms with Crippen LogP contribution in [0.1, 0.15) is 25.8 Å². The molecule has 1 aromatic rings. The average molecular weight is 272 g/mol. The predicted molar refractivity (Wildman–Crippen MR) is 76.2 cm³/mol. The predicted octanol–water partition coefficient (Wildman–Crippen LogP) is 4.56. The minimum absolute atomic E-state index is 0.484. The summed E-state index contributed by atoms with van der Waals surface area (Å²) in [5.41, 5.74) is 2.29. The van der Waals surface area contributed by atoms with Gasteiger partial charge in [0.25, 0.3) is 0 Å². The molecule has 1 aliphatic rings. The largest absolute Gasteiger partial charge is 0.371 e. The molecule has 94 valence electrons. The van der Waals surface area contributed by atoms with Crippen molar-refractivity contribution >= 4 is 28.9 Å². The average Bonchev–Trinajstić information content (AvgIpc) is 2.77. The summed E-state index contributed by atoms with van der Waals surface area (Å²) in [6, 6.07) is 6.06. The van der Waals surface area contributed by atoms with E-state index >= 15 is 0 Å². The van der Waals surface area contributed by atoms with Crippen molar-refractivity contribution in [2.75, 3.05) is 18.0 Å². The summed E-state index contributed by atoms with van der Waals surface area (Å²) in [5.74, 6) is 2.02. The van der Waals surface area contributed by atoms with Crippen molar-refractivity contribution in [2.45, 2.75) is 26.1 Å². The summed E-state index contributed by atoms with van der Waals surface area (Å²) < 4.78 is 0. The van der Waals surface area contributed by atoms with E-state index in [1.165, 1.54) is 12.1 Å². The van der Waals surface area contributed by atoms with Crippen LogP contribution in [0.4, 0.5) is 5.69 Å². The zero-order chi connectivity index (χ0) is 12.4. The number of hydrogen-bond acceptors (Lipinski definition) is 1. The summed E-state index contributed by atoms with van der Waals surface area (Å²) in [5, 5.41) is 0.783. The number of alkyl halides is 1. The number of hydrogen-bond donors (Lipinski definition) is 0. The first kappa shape index (κ1) is 13.0. The highest BCUT2D eigenvalue weighted by molar-refractivity contribution is 6.32. The Balaban J connectivity index is 2.21. The van der Waals surface area contributed by atoms with Crippen LogP contribution in [0.3, 0.4) is 0 Å². The van der Waals surface area contributed by atoms with Gasteiger partial charge in [-0.25, -0.2) is 0 Å². The smallest absolute Gasteiger partial charge is 0.0509 e. The van der Waals surface area contributed by atoms with Gasteiger partial charge >= 0.3 is 0 Å². The van der Waals surface area contributed by atoms with Crippen molar-refractivity contribution in [3.8, 4) is 0 Å². The van der Waals surface area contributed by atoms with Gasteiger partial charge in [0.1, 0.15) is 0 Å². The van der Waals surface area contributed by atoms with Gasteiger partial charge in [-0.15, -0.1) is 11.6 Å². The number of nitrogens with zero attached hydrogens (tertiary/aromatic N) is 1. The van der Waals surface area contributed by atoms with Gasteiger partial charge in [0, 0.05) is 29.4 Å². The highest BCUT2D eigenvalue weighted by Crippen LogP contribution is 2.34. The first-order valence-electron chi connectivity index (χ1n) is 6.21. The fourth-order valence-corrected chi connectivity index (χ4v) is 3.11. The van der Waals surface area contributed by atoms with Gasteiger partial charge in [-0.3, -0.25) is 0 Å². The van der Waals surface area contributed by atoms with Crippen LogP contribution in [0.5, 0.6) is 0 Å². The van der Waals surface area contributed by atoms with Crippen molar-refractivity contribution in [2.24, 2.45) is 11.8 Å². The number of anilines is 1. The Morgan fingerprint density at radius 3 is 2.76 bits per heavy atom. The molecule has 0 N–H and O–H groups in total. The standard InChI is InChI=1S/C14H19Cl2N/c1-10(2)11-6-7-17(9-11)14-5-3-4-13(16)12(14)8-15/h3-5,10-11H,6-9H2,1-2H3. The lowest BCUT2D eigenvalue weighted by atomic mass is 9.95. The van der Waals surface area contributed by atoms with E-state index in [0.29, 0.717) is 5.88 Å². The van der Waals surface area contributed by atoms with Crippen LogP contribution in [0.15, 0.2) is 18.2 Å². The molecule has 0 spiro atoms. The minimum atomic E-state index is 0.484. The zero-order valence-electron chi connectivity index (χ0n) is 10.4. The fourth-order valence-electron chi connectivity index (χ4n) is 2.53. The van der Waals surface area contributed by atoms with E-state index in [1.807, 2.05) is 12.1 Å². The van der Waals surface area contributed by atoms with Crippen LogP contribution in [-0.2, 0) is 5.88 Å². The molecule has 0 saturated carbocycles. The maximum Gasteiger partial charge on any atom is 0.0509 e. The van der Waals surface area contributed by atoms with E-state index < -0.39 is 0 Å². The van der Waals surface area contributed by atoms with Crippen LogP contribution in [0, 0.1) is 11.8 Å². The molecule has 1 aromatic carbocycles. The van der Waals surface area contributed by atoms with E-state index in [2.05, 4.69) is 24.8 Å². The third-order valence-electron chi connectivity index (χ3n) is 3.74. The van der Waals surface area contributed by atoms with Crippen LogP contribution in [0.25, 0.3) is 0 Å². The molecule has 1 fully saturated rings. The molecule has 0 aliphatic carbocycles. The monoisotopic (exact) mass is 271 g/mol. The summed E-state index contributed by atoms with van der Waals surface area (Å²) in [7, 11) is 0. The topological polar surface area (TPSA) is 3.24 Å². The summed E-state index contributed by atoms with van der Waals surface area (Å²) in [6.45, 7) is 6.85. The Morgan fingerprint density at radius 2 is 2.18 bits per heavy atom. The second-order valence-electron chi connectivity index (χ2n) is 5.11. The SMILES string of the molecule is CC(C)C1CCN(c2cccc(Cl)c2CCl)C1. The van der Waals surface area contributed by atoms with E-state index in [4.69, 9.17) is 23.2 Å². The second-order valence-corrected chi connectivity index (χ2v) is 5.78. The van der Waals surface area contributed by atoms with Gasteiger partial charge in [0.2, 0.25) is 0 Å². The molecular weight excluding hydrogens is 253 g/mol. The normalized spacial score (nSPS) is 20.3. The summed E-state index contributed by atoms with van der Waals surface area (Å²) in [4.78, 5) is 2.42. The maximum absolute atomic E-state index is 6.20. The Bertz CT molecular complexity index is 390. The second kappa shape index (κ2) is 5.49. The number of rotatable bonds is 3. The fraction of sp³-hybridized carbons (Fsp3) is 0.571. The van der Waals surface area contributed by atoms with Crippen molar-refractivity contribution < 1.29 is 0 Å².